The quantitative estimate of drug-likeness (QED) is 0.243. The van der Waals surface area contributed by atoms with Gasteiger partial charge in [-0.1, -0.05) is 29.8 Å². The number of allylic oxidation sites excluding steroid dienone is 2. The van der Waals surface area contributed by atoms with Crippen LogP contribution < -0.4 is 5.43 Å². The first kappa shape index (κ1) is 24.7. The van der Waals surface area contributed by atoms with E-state index in [1.165, 1.54) is 13.2 Å². The van der Waals surface area contributed by atoms with Gasteiger partial charge in [0.05, 0.1) is 48.9 Å². The average molecular weight is 526 g/mol. The van der Waals surface area contributed by atoms with Crippen molar-refractivity contribution < 1.29 is 23.4 Å². The van der Waals surface area contributed by atoms with Crippen molar-refractivity contribution in [2.24, 2.45) is 5.92 Å². The van der Waals surface area contributed by atoms with Gasteiger partial charge in [-0.05, 0) is 54.8 Å². The molecule has 2 aromatic rings. The molecule has 1 aliphatic carbocycles. The van der Waals surface area contributed by atoms with Crippen LogP contribution in [0.5, 0.6) is 0 Å². The standard InChI is InChI=1S/C24H26BrClO6/c1-13(2)9-18(14(3)30-7-8-31-16-10-15(11-16)24(28)29-4)21-12-20(27)17-5-6-19(25)22(26)23(17)32-21/h5-6,9,12,14-16H,1,7-8,10-11H2,2-4H3/b18-9+. The van der Waals surface area contributed by atoms with E-state index in [1.54, 1.807) is 12.1 Å². The van der Waals surface area contributed by atoms with Crippen LogP contribution in [0.2, 0.25) is 5.02 Å². The lowest BCUT2D eigenvalue weighted by atomic mass is 9.82. The van der Waals surface area contributed by atoms with Gasteiger partial charge in [0.1, 0.15) is 5.76 Å². The van der Waals surface area contributed by atoms with Crippen LogP contribution in [0.15, 0.2) is 50.1 Å². The third kappa shape index (κ3) is 5.70. The van der Waals surface area contributed by atoms with Crippen molar-refractivity contribution >= 4 is 50.0 Å². The Morgan fingerprint density at radius 3 is 2.75 bits per heavy atom. The monoisotopic (exact) mass is 524 g/mol. The highest BCUT2D eigenvalue weighted by molar-refractivity contribution is 9.10. The number of ether oxygens (including phenoxy) is 3. The van der Waals surface area contributed by atoms with Gasteiger partial charge in [0.2, 0.25) is 0 Å². The largest absolute Gasteiger partial charge is 0.469 e. The van der Waals surface area contributed by atoms with Gasteiger partial charge in [0.15, 0.2) is 11.0 Å². The molecular weight excluding hydrogens is 500 g/mol. The van der Waals surface area contributed by atoms with Crippen LogP contribution in [0.4, 0.5) is 0 Å². The molecule has 1 aliphatic rings. The number of halogens is 2. The number of hydrogen-bond donors (Lipinski definition) is 0. The van der Waals surface area contributed by atoms with E-state index in [0.29, 0.717) is 57.9 Å². The van der Waals surface area contributed by atoms with Gasteiger partial charge in [0, 0.05) is 16.1 Å². The van der Waals surface area contributed by atoms with E-state index in [2.05, 4.69) is 22.5 Å². The highest BCUT2D eigenvalue weighted by atomic mass is 79.9. The number of benzene rings is 1. The highest BCUT2D eigenvalue weighted by Gasteiger charge is 2.35. The molecule has 0 bridgehead atoms. The highest BCUT2D eigenvalue weighted by Crippen LogP contribution is 2.33. The molecule has 1 aromatic carbocycles. The van der Waals surface area contributed by atoms with E-state index < -0.39 is 0 Å². The zero-order chi connectivity index (χ0) is 23.4. The number of carbonyl (C=O) groups excluding carboxylic acids is 1. The van der Waals surface area contributed by atoms with E-state index in [1.807, 2.05) is 19.9 Å². The van der Waals surface area contributed by atoms with Crippen molar-refractivity contribution in [2.45, 2.75) is 38.9 Å². The molecule has 3 rings (SSSR count). The van der Waals surface area contributed by atoms with Crippen LogP contribution in [-0.2, 0) is 19.0 Å². The van der Waals surface area contributed by atoms with E-state index in [0.717, 1.165) is 5.57 Å². The molecule has 6 nitrogen and oxygen atoms in total. The molecule has 0 N–H and O–H groups in total. The topological polar surface area (TPSA) is 75.0 Å². The van der Waals surface area contributed by atoms with Crippen LogP contribution in [0.3, 0.4) is 0 Å². The minimum atomic E-state index is -0.383. The van der Waals surface area contributed by atoms with E-state index in [9.17, 15) is 9.59 Å². The van der Waals surface area contributed by atoms with E-state index in [4.69, 9.17) is 30.2 Å². The van der Waals surface area contributed by atoms with Gasteiger partial charge in [-0.15, -0.1) is 0 Å². The van der Waals surface area contributed by atoms with Gasteiger partial charge in [-0.2, -0.15) is 0 Å². The maximum absolute atomic E-state index is 12.7. The molecule has 1 heterocycles. The second kappa shape index (κ2) is 10.8. The predicted octanol–water partition coefficient (Wildman–Crippen LogP) is 5.54. The summed E-state index contributed by atoms with van der Waals surface area (Å²) in [5.74, 6) is 0.116. The molecule has 0 radical (unpaired) electrons. The molecule has 0 aliphatic heterocycles. The Morgan fingerprint density at radius 1 is 1.38 bits per heavy atom. The van der Waals surface area contributed by atoms with Gasteiger partial charge >= 0.3 is 5.97 Å². The van der Waals surface area contributed by atoms with E-state index >= 15 is 0 Å². The smallest absolute Gasteiger partial charge is 0.308 e. The summed E-state index contributed by atoms with van der Waals surface area (Å²) in [6.07, 6.45) is 2.83. The number of rotatable bonds is 9. The van der Waals surface area contributed by atoms with Crippen molar-refractivity contribution in [1.29, 1.82) is 0 Å². The first-order chi connectivity index (χ1) is 15.2. The Labute approximate surface area is 200 Å². The number of esters is 1. The summed E-state index contributed by atoms with van der Waals surface area (Å²) in [7, 11) is 1.40. The molecule has 1 fully saturated rings. The second-order valence-electron chi connectivity index (χ2n) is 7.86. The van der Waals surface area contributed by atoms with Crippen LogP contribution in [0.1, 0.15) is 32.4 Å². The van der Waals surface area contributed by atoms with Gasteiger partial charge in [-0.25, -0.2) is 0 Å². The molecule has 32 heavy (non-hydrogen) atoms. The van der Waals surface area contributed by atoms with Crippen molar-refractivity contribution in [3.8, 4) is 0 Å². The molecule has 1 saturated carbocycles. The molecule has 1 unspecified atom stereocenters. The van der Waals surface area contributed by atoms with Crippen molar-refractivity contribution in [2.75, 3.05) is 20.3 Å². The number of hydrogen-bond acceptors (Lipinski definition) is 6. The zero-order valence-corrected chi connectivity index (χ0v) is 20.6. The van der Waals surface area contributed by atoms with Gasteiger partial charge in [-0.3, -0.25) is 9.59 Å². The number of fused-ring (bicyclic) bond motifs is 1. The van der Waals surface area contributed by atoms with Crippen LogP contribution in [0.25, 0.3) is 16.5 Å². The summed E-state index contributed by atoms with van der Waals surface area (Å²) >= 11 is 9.72. The van der Waals surface area contributed by atoms with Gasteiger partial charge < -0.3 is 18.6 Å². The Bertz CT molecular complexity index is 1100. The summed E-state index contributed by atoms with van der Waals surface area (Å²) in [6, 6.07) is 4.83. The normalized spacial score (nSPS) is 19.5. The van der Waals surface area contributed by atoms with Crippen LogP contribution >= 0.6 is 27.5 Å². The minimum absolute atomic E-state index is 0.0440. The number of carbonyl (C=O) groups is 1. The van der Waals surface area contributed by atoms with Crippen LogP contribution in [-0.4, -0.2) is 38.5 Å². The van der Waals surface area contributed by atoms with Crippen molar-refractivity contribution in [3.05, 3.63) is 61.9 Å². The molecular formula is C24H26BrClO6. The first-order valence-corrected chi connectivity index (χ1v) is 11.5. The third-order valence-electron chi connectivity index (χ3n) is 5.35. The molecule has 1 aromatic heterocycles. The Balaban J connectivity index is 1.68. The summed E-state index contributed by atoms with van der Waals surface area (Å²) in [6.45, 7) is 8.40. The van der Waals surface area contributed by atoms with Crippen LogP contribution in [0, 0.1) is 5.92 Å². The lowest BCUT2D eigenvalue weighted by Crippen LogP contribution is -2.37. The molecule has 8 heteroatoms. The third-order valence-corrected chi connectivity index (χ3v) is 6.61. The lowest BCUT2D eigenvalue weighted by molar-refractivity contribution is -0.155. The summed E-state index contributed by atoms with van der Waals surface area (Å²) in [5.41, 5.74) is 1.60. The number of methoxy groups -OCH3 is 1. The fourth-order valence-electron chi connectivity index (χ4n) is 3.55. The predicted molar refractivity (Wildman–Crippen MR) is 128 cm³/mol. The molecule has 172 valence electrons. The van der Waals surface area contributed by atoms with Gasteiger partial charge in [0.25, 0.3) is 0 Å². The molecule has 0 amide bonds. The Hall–Kier alpha value is -1.93. The summed E-state index contributed by atoms with van der Waals surface area (Å²) in [4.78, 5) is 24.1. The van der Waals surface area contributed by atoms with Crippen molar-refractivity contribution in [1.82, 2.24) is 0 Å². The molecule has 1 atom stereocenters. The minimum Gasteiger partial charge on any atom is -0.469 e. The zero-order valence-electron chi connectivity index (χ0n) is 18.3. The fraction of sp³-hybridized carbons (Fsp3) is 0.417. The summed E-state index contributed by atoms with van der Waals surface area (Å²) in [5, 5.41) is 0.744. The maximum Gasteiger partial charge on any atom is 0.308 e. The maximum atomic E-state index is 12.7. The Kier molecular flexibility index (Phi) is 8.33. The van der Waals surface area contributed by atoms with E-state index in [-0.39, 0.29) is 29.5 Å². The second-order valence-corrected chi connectivity index (χ2v) is 9.09. The molecule has 0 spiro atoms. The lowest BCUT2D eigenvalue weighted by Gasteiger charge is -2.33. The average Bonchev–Trinajstić information content (AvgIpc) is 2.72. The fourth-order valence-corrected chi connectivity index (χ4v) is 4.06. The first-order valence-electron chi connectivity index (χ1n) is 10.3. The Morgan fingerprint density at radius 2 is 2.09 bits per heavy atom. The SMILES string of the molecule is C=C(C)/C=C(/c1cc(=O)c2ccc(Br)c(Cl)c2o1)C(C)OCCOC1CC(C(=O)OC)C1. The summed E-state index contributed by atoms with van der Waals surface area (Å²) < 4.78 is 23.1. The molecule has 0 saturated heterocycles. The van der Waals surface area contributed by atoms with Crippen molar-refractivity contribution in [3.63, 3.8) is 0 Å².